The van der Waals surface area contributed by atoms with Crippen LogP contribution in [0.2, 0.25) is 5.02 Å². The molecule has 3 rings (SSSR count). The molecule has 2 aromatic heterocycles. The van der Waals surface area contributed by atoms with Crippen LogP contribution >= 0.6 is 24.0 Å². The summed E-state index contributed by atoms with van der Waals surface area (Å²) in [5, 5.41) is 5.51. The number of H-pyrrole nitrogens is 1. The molecule has 5 heteroatoms. The van der Waals surface area contributed by atoms with E-state index in [0.29, 0.717) is 6.54 Å². The number of aromatic amines is 1. The van der Waals surface area contributed by atoms with Crippen molar-refractivity contribution in [2.75, 3.05) is 5.32 Å². The first-order chi connectivity index (χ1) is 11.1. The molecule has 0 aliphatic heterocycles. The number of hydrogen-bond acceptors (Lipinski definition) is 2. The molecule has 128 valence electrons. The monoisotopic (exact) mass is 363 g/mol. The van der Waals surface area contributed by atoms with Crippen molar-refractivity contribution in [3.8, 4) is 0 Å². The summed E-state index contributed by atoms with van der Waals surface area (Å²) in [4.78, 5) is 8.13. The predicted molar refractivity (Wildman–Crippen MR) is 106 cm³/mol. The zero-order valence-electron chi connectivity index (χ0n) is 14.2. The summed E-state index contributed by atoms with van der Waals surface area (Å²) in [5.41, 5.74) is 6.09. The minimum Gasteiger partial charge on any atom is -0.364 e. The Morgan fingerprint density at radius 1 is 1.25 bits per heavy atom. The van der Waals surface area contributed by atoms with E-state index in [-0.39, 0.29) is 12.4 Å². The first-order valence-electron chi connectivity index (χ1n) is 8.05. The van der Waals surface area contributed by atoms with E-state index >= 15 is 0 Å². The van der Waals surface area contributed by atoms with Crippen LogP contribution in [-0.4, -0.2) is 9.97 Å². The smallest absolute Gasteiger partial charge is 0.150 e. The van der Waals surface area contributed by atoms with Crippen LogP contribution in [0.4, 0.5) is 5.82 Å². The molecule has 0 atom stereocenters. The molecule has 0 bridgehead atoms. The van der Waals surface area contributed by atoms with Gasteiger partial charge in [0.2, 0.25) is 0 Å². The SMILES string of the molecule is CCCc1cnc(NCc2cccc(Cl)c2)c2[nH]c(C)c(C)c12.Cl. The molecular formula is C19H23Cl2N3. The number of fused-ring (bicyclic) bond motifs is 1. The van der Waals surface area contributed by atoms with Crippen molar-refractivity contribution in [2.45, 2.75) is 40.2 Å². The van der Waals surface area contributed by atoms with Gasteiger partial charge in [-0.25, -0.2) is 4.98 Å². The summed E-state index contributed by atoms with van der Waals surface area (Å²) in [6, 6.07) is 7.89. The van der Waals surface area contributed by atoms with E-state index in [2.05, 4.69) is 42.1 Å². The highest BCUT2D eigenvalue weighted by Crippen LogP contribution is 2.30. The largest absolute Gasteiger partial charge is 0.364 e. The lowest BCUT2D eigenvalue weighted by atomic mass is 10.0. The van der Waals surface area contributed by atoms with E-state index in [9.17, 15) is 0 Å². The highest BCUT2D eigenvalue weighted by molar-refractivity contribution is 6.30. The third-order valence-corrected chi connectivity index (χ3v) is 4.51. The van der Waals surface area contributed by atoms with Crippen LogP contribution < -0.4 is 5.32 Å². The van der Waals surface area contributed by atoms with Gasteiger partial charge in [-0.2, -0.15) is 0 Å². The molecule has 0 amide bonds. The number of aromatic nitrogens is 2. The molecule has 3 nitrogen and oxygen atoms in total. The molecule has 2 heterocycles. The van der Waals surface area contributed by atoms with Crippen LogP contribution in [-0.2, 0) is 13.0 Å². The highest BCUT2D eigenvalue weighted by atomic mass is 35.5. The maximum absolute atomic E-state index is 6.05. The van der Waals surface area contributed by atoms with Crippen molar-refractivity contribution < 1.29 is 0 Å². The highest BCUT2D eigenvalue weighted by Gasteiger charge is 2.13. The number of nitrogens with one attached hydrogen (secondary N) is 2. The number of rotatable bonds is 5. The van der Waals surface area contributed by atoms with E-state index in [1.54, 1.807) is 0 Å². The fourth-order valence-electron chi connectivity index (χ4n) is 2.99. The third kappa shape index (κ3) is 3.68. The second kappa shape index (κ2) is 7.91. The first-order valence-corrected chi connectivity index (χ1v) is 8.43. The molecule has 0 saturated carbocycles. The van der Waals surface area contributed by atoms with Crippen molar-refractivity contribution >= 4 is 40.7 Å². The summed E-state index contributed by atoms with van der Waals surface area (Å²) in [6.45, 7) is 7.19. The Hall–Kier alpha value is -1.71. The minimum absolute atomic E-state index is 0. The summed E-state index contributed by atoms with van der Waals surface area (Å²) < 4.78 is 0. The van der Waals surface area contributed by atoms with Gasteiger partial charge in [-0.1, -0.05) is 37.1 Å². The molecule has 0 spiro atoms. The van der Waals surface area contributed by atoms with Crippen molar-refractivity contribution in [1.29, 1.82) is 0 Å². The number of benzene rings is 1. The lowest BCUT2D eigenvalue weighted by Gasteiger charge is -2.10. The Labute approximate surface area is 154 Å². The van der Waals surface area contributed by atoms with E-state index in [1.165, 1.54) is 22.2 Å². The lowest BCUT2D eigenvalue weighted by Crippen LogP contribution is -2.03. The van der Waals surface area contributed by atoms with Gasteiger partial charge in [0.25, 0.3) is 0 Å². The lowest BCUT2D eigenvalue weighted by molar-refractivity contribution is 0.922. The van der Waals surface area contributed by atoms with E-state index in [4.69, 9.17) is 11.6 Å². The minimum atomic E-state index is 0. The van der Waals surface area contributed by atoms with Crippen molar-refractivity contribution in [2.24, 2.45) is 0 Å². The van der Waals surface area contributed by atoms with Gasteiger partial charge in [0, 0.05) is 28.8 Å². The Kier molecular flexibility index (Phi) is 6.14. The molecule has 0 aliphatic rings. The second-order valence-corrected chi connectivity index (χ2v) is 6.43. The van der Waals surface area contributed by atoms with Gasteiger partial charge in [0.15, 0.2) is 5.82 Å². The number of halogens is 2. The second-order valence-electron chi connectivity index (χ2n) is 5.99. The number of nitrogens with zero attached hydrogens (tertiary/aromatic N) is 1. The quantitative estimate of drug-likeness (QED) is 0.599. The van der Waals surface area contributed by atoms with Crippen LogP contribution in [0, 0.1) is 13.8 Å². The Bertz CT molecular complexity index is 840. The first kappa shape index (κ1) is 18.6. The van der Waals surface area contributed by atoms with Crippen LogP contribution in [0.25, 0.3) is 10.9 Å². The predicted octanol–water partition coefficient (Wildman–Crippen LogP) is 5.82. The van der Waals surface area contributed by atoms with Crippen molar-refractivity contribution in [1.82, 2.24) is 9.97 Å². The third-order valence-electron chi connectivity index (χ3n) is 4.28. The molecule has 0 saturated heterocycles. The topological polar surface area (TPSA) is 40.7 Å². The Morgan fingerprint density at radius 3 is 2.75 bits per heavy atom. The zero-order valence-corrected chi connectivity index (χ0v) is 15.8. The average Bonchev–Trinajstić information content (AvgIpc) is 2.83. The van der Waals surface area contributed by atoms with E-state index in [1.807, 2.05) is 24.4 Å². The van der Waals surface area contributed by atoms with Crippen LogP contribution in [0.5, 0.6) is 0 Å². The normalized spacial score (nSPS) is 10.7. The van der Waals surface area contributed by atoms with Crippen molar-refractivity contribution in [3.63, 3.8) is 0 Å². The Balaban J connectivity index is 0.00000208. The van der Waals surface area contributed by atoms with Crippen LogP contribution in [0.1, 0.15) is 35.7 Å². The Morgan fingerprint density at radius 2 is 2.04 bits per heavy atom. The van der Waals surface area contributed by atoms with Crippen LogP contribution in [0.3, 0.4) is 0 Å². The fraction of sp³-hybridized carbons (Fsp3) is 0.316. The molecule has 0 aliphatic carbocycles. The molecule has 0 fully saturated rings. The van der Waals surface area contributed by atoms with E-state index in [0.717, 1.165) is 34.8 Å². The fourth-order valence-corrected chi connectivity index (χ4v) is 3.21. The number of pyridine rings is 1. The molecule has 0 unspecified atom stereocenters. The number of aryl methyl sites for hydroxylation is 3. The zero-order chi connectivity index (χ0) is 16.4. The molecule has 3 aromatic rings. The molecular weight excluding hydrogens is 341 g/mol. The molecule has 24 heavy (non-hydrogen) atoms. The number of anilines is 1. The van der Waals surface area contributed by atoms with Crippen LogP contribution in [0.15, 0.2) is 30.5 Å². The molecule has 2 N–H and O–H groups in total. The van der Waals surface area contributed by atoms with Gasteiger partial charge in [0.05, 0.1) is 5.52 Å². The van der Waals surface area contributed by atoms with Gasteiger partial charge < -0.3 is 10.3 Å². The average molecular weight is 364 g/mol. The summed E-state index contributed by atoms with van der Waals surface area (Å²) in [6.07, 6.45) is 4.18. The maximum atomic E-state index is 6.05. The molecule has 0 radical (unpaired) electrons. The summed E-state index contributed by atoms with van der Waals surface area (Å²) in [5.74, 6) is 0.899. The van der Waals surface area contributed by atoms with E-state index < -0.39 is 0 Å². The molecule has 1 aromatic carbocycles. The standard InChI is InChI=1S/C19H22ClN3.ClH/c1-4-6-15-11-22-19(18-17(15)12(2)13(3)23-18)21-10-14-7-5-8-16(20)9-14;/h5,7-9,11,23H,4,6,10H2,1-3H3,(H,21,22);1H. The van der Waals surface area contributed by atoms with Gasteiger partial charge >= 0.3 is 0 Å². The van der Waals surface area contributed by atoms with Crippen molar-refractivity contribution in [3.05, 3.63) is 57.9 Å². The van der Waals surface area contributed by atoms with Gasteiger partial charge in [-0.05, 0) is 49.1 Å². The number of hydrogen-bond donors (Lipinski definition) is 2. The van der Waals surface area contributed by atoms with Gasteiger partial charge in [-0.3, -0.25) is 0 Å². The summed E-state index contributed by atoms with van der Waals surface area (Å²) >= 11 is 6.05. The van der Waals surface area contributed by atoms with Gasteiger partial charge in [-0.15, -0.1) is 12.4 Å². The maximum Gasteiger partial charge on any atom is 0.150 e. The summed E-state index contributed by atoms with van der Waals surface area (Å²) in [7, 11) is 0. The van der Waals surface area contributed by atoms with Gasteiger partial charge in [0.1, 0.15) is 0 Å².